The molecule has 0 aliphatic carbocycles. The lowest BCUT2D eigenvalue weighted by atomic mass is 9.97. The quantitative estimate of drug-likeness (QED) is 0.788. The van der Waals surface area contributed by atoms with E-state index in [9.17, 15) is 8.42 Å². The van der Waals surface area contributed by atoms with Crippen LogP contribution in [0, 0.1) is 5.92 Å². The average Bonchev–Trinajstić information content (AvgIpc) is 2.68. The fourth-order valence-electron chi connectivity index (χ4n) is 2.74. The number of hydrogen-bond donors (Lipinski definition) is 1. The van der Waals surface area contributed by atoms with Crippen LogP contribution in [0.5, 0.6) is 0 Å². The first kappa shape index (κ1) is 15.2. The molecule has 2 heterocycles. The van der Waals surface area contributed by atoms with Gasteiger partial charge in [-0.15, -0.1) is 0 Å². The molecule has 19 heavy (non-hydrogen) atoms. The predicted octanol–water partition coefficient (Wildman–Crippen LogP) is -0.117. The first-order chi connectivity index (χ1) is 9.05. The zero-order valence-electron chi connectivity index (χ0n) is 11.8. The lowest BCUT2D eigenvalue weighted by molar-refractivity contribution is 0.0169. The maximum Gasteiger partial charge on any atom is 0.282 e. The van der Waals surface area contributed by atoms with E-state index < -0.39 is 10.2 Å². The number of nitrogens with zero attached hydrogens (tertiary/aromatic N) is 2. The largest absolute Gasteiger partial charge is 0.380 e. The third-order valence-corrected chi connectivity index (χ3v) is 6.11. The lowest BCUT2D eigenvalue weighted by Gasteiger charge is -2.37. The molecule has 2 saturated heterocycles. The first-order valence-corrected chi connectivity index (χ1v) is 8.44. The Balaban J connectivity index is 2.06. The van der Waals surface area contributed by atoms with E-state index in [1.165, 1.54) is 0 Å². The van der Waals surface area contributed by atoms with Crippen molar-refractivity contribution in [1.82, 2.24) is 13.9 Å². The third-order valence-electron chi connectivity index (χ3n) is 4.11. The van der Waals surface area contributed by atoms with Gasteiger partial charge in [0.05, 0.1) is 6.10 Å². The van der Waals surface area contributed by atoms with Crippen LogP contribution in [-0.4, -0.2) is 69.5 Å². The summed E-state index contributed by atoms with van der Waals surface area (Å²) in [4.78, 5) is 0. The van der Waals surface area contributed by atoms with Crippen molar-refractivity contribution in [3.05, 3.63) is 0 Å². The maximum absolute atomic E-state index is 12.6. The van der Waals surface area contributed by atoms with E-state index in [1.807, 2.05) is 0 Å². The standard InChI is InChI=1S/C12H25N3O3S/c1-11-4-8-15(10-12(11)18-2)19(16,17)14-7-3-5-13-6-9-14/h11-13H,3-10H2,1-2H3. The Morgan fingerprint density at radius 2 is 1.95 bits per heavy atom. The Kier molecular flexibility index (Phi) is 5.19. The molecule has 7 heteroatoms. The summed E-state index contributed by atoms with van der Waals surface area (Å²) < 4.78 is 33.9. The van der Waals surface area contributed by atoms with Crippen LogP contribution in [0.2, 0.25) is 0 Å². The van der Waals surface area contributed by atoms with Crippen LogP contribution >= 0.6 is 0 Å². The molecule has 0 radical (unpaired) electrons. The van der Waals surface area contributed by atoms with Gasteiger partial charge in [-0.2, -0.15) is 17.0 Å². The fourth-order valence-corrected chi connectivity index (χ4v) is 4.42. The van der Waals surface area contributed by atoms with Crippen molar-refractivity contribution < 1.29 is 13.2 Å². The van der Waals surface area contributed by atoms with Gasteiger partial charge in [-0.25, -0.2) is 0 Å². The highest BCUT2D eigenvalue weighted by Gasteiger charge is 2.36. The van der Waals surface area contributed by atoms with Crippen LogP contribution in [0.1, 0.15) is 19.8 Å². The van der Waals surface area contributed by atoms with Gasteiger partial charge in [0.1, 0.15) is 0 Å². The van der Waals surface area contributed by atoms with Crippen molar-refractivity contribution in [3.63, 3.8) is 0 Å². The molecule has 112 valence electrons. The SMILES string of the molecule is COC1CN(S(=O)(=O)N2CCCNCC2)CCC1C. The van der Waals surface area contributed by atoms with Gasteiger partial charge in [0.25, 0.3) is 10.2 Å². The van der Waals surface area contributed by atoms with Crippen LogP contribution in [-0.2, 0) is 14.9 Å². The minimum absolute atomic E-state index is 0.00799. The molecule has 0 spiro atoms. The molecule has 0 aromatic carbocycles. The third kappa shape index (κ3) is 3.46. The summed E-state index contributed by atoms with van der Waals surface area (Å²) >= 11 is 0. The normalized spacial score (nSPS) is 32.1. The molecule has 6 nitrogen and oxygen atoms in total. The van der Waals surface area contributed by atoms with Gasteiger partial charge in [0, 0.05) is 39.8 Å². The molecule has 2 aliphatic heterocycles. The van der Waals surface area contributed by atoms with Gasteiger partial charge >= 0.3 is 0 Å². The fraction of sp³-hybridized carbons (Fsp3) is 1.00. The molecule has 0 bridgehead atoms. The Morgan fingerprint density at radius 1 is 1.16 bits per heavy atom. The van der Waals surface area contributed by atoms with Crippen molar-refractivity contribution in [1.29, 1.82) is 0 Å². The van der Waals surface area contributed by atoms with Gasteiger partial charge < -0.3 is 10.1 Å². The second kappa shape index (κ2) is 6.49. The molecule has 0 amide bonds. The van der Waals surface area contributed by atoms with Gasteiger partial charge in [-0.1, -0.05) is 6.92 Å². The molecule has 1 N–H and O–H groups in total. The summed E-state index contributed by atoms with van der Waals surface area (Å²) in [5.41, 5.74) is 0. The van der Waals surface area contributed by atoms with Crippen molar-refractivity contribution in [2.75, 3.05) is 46.4 Å². The maximum atomic E-state index is 12.6. The smallest absolute Gasteiger partial charge is 0.282 e. The number of nitrogens with one attached hydrogen (secondary N) is 1. The van der Waals surface area contributed by atoms with E-state index in [4.69, 9.17) is 4.74 Å². The second-order valence-corrected chi connectivity index (χ2v) is 7.34. The topological polar surface area (TPSA) is 61.9 Å². The van der Waals surface area contributed by atoms with Crippen LogP contribution in [0.15, 0.2) is 0 Å². The molecule has 0 saturated carbocycles. The molecular formula is C12H25N3O3S. The zero-order valence-corrected chi connectivity index (χ0v) is 12.7. The molecule has 2 aliphatic rings. The van der Waals surface area contributed by atoms with Gasteiger partial charge in [0.15, 0.2) is 0 Å². The van der Waals surface area contributed by atoms with Crippen LogP contribution < -0.4 is 5.32 Å². The summed E-state index contributed by atoms with van der Waals surface area (Å²) in [5.74, 6) is 0.419. The highest BCUT2D eigenvalue weighted by atomic mass is 32.2. The highest BCUT2D eigenvalue weighted by molar-refractivity contribution is 7.86. The Bertz CT molecular complexity index is 380. The van der Waals surface area contributed by atoms with Gasteiger partial charge in [0.2, 0.25) is 0 Å². The monoisotopic (exact) mass is 291 g/mol. The zero-order chi connectivity index (χ0) is 13.9. The van der Waals surface area contributed by atoms with Crippen molar-refractivity contribution in [3.8, 4) is 0 Å². The predicted molar refractivity (Wildman–Crippen MR) is 74.1 cm³/mol. The Morgan fingerprint density at radius 3 is 2.68 bits per heavy atom. The Hall–Kier alpha value is -0.210. The van der Waals surface area contributed by atoms with E-state index in [2.05, 4.69) is 12.2 Å². The van der Waals surface area contributed by atoms with E-state index in [1.54, 1.807) is 15.7 Å². The molecular weight excluding hydrogens is 266 g/mol. The minimum atomic E-state index is -3.33. The van der Waals surface area contributed by atoms with Crippen LogP contribution in [0.4, 0.5) is 0 Å². The number of hydrogen-bond acceptors (Lipinski definition) is 4. The summed E-state index contributed by atoms with van der Waals surface area (Å²) in [5, 5.41) is 3.23. The summed E-state index contributed by atoms with van der Waals surface area (Å²) in [6.45, 7) is 6.00. The molecule has 2 fully saturated rings. The minimum Gasteiger partial charge on any atom is -0.380 e. The number of ether oxygens (including phenoxy) is 1. The van der Waals surface area contributed by atoms with Gasteiger partial charge in [-0.3, -0.25) is 0 Å². The lowest BCUT2D eigenvalue weighted by Crippen LogP contribution is -2.52. The van der Waals surface area contributed by atoms with Crippen LogP contribution in [0.3, 0.4) is 0 Å². The second-order valence-electron chi connectivity index (χ2n) is 5.41. The van der Waals surface area contributed by atoms with Crippen molar-refractivity contribution in [2.24, 2.45) is 5.92 Å². The molecule has 2 atom stereocenters. The van der Waals surface area contributed by atoms with E-state index >= 15 is 0 Å². The van der Waals surface area contributed by atoms with Gasteiger partial charge in [-0.05, 0) is 25.3 Å². The summed E-state index contributed by atoms with van der Waals surface area (Å²) in [6.07, 6.45) is 1.75. The number of piperidine rings is 1. The van der Waals surface area contributed by atoms with Crippen LogP contribution in [0.25, 0.3) is 0 Å². The van der Waals surface area contributed by atoms with Crippen molar-refractivity contribution in [2.45, 2.75) is 25.9 Å². The van der Waals surface area contributed by atoms with E-state index in [0.29, 0.717) is 32.1 Å². The van der Waals surface area contributed by atoms with Crippen molar-refractivity contribution >= 4 is 10.2 Å². The molecule has 2 unspecified atom stereocenters. The summed E-state index contributed by atoms with van der Waals surface area (Å²) in [6, 6.07) is 0. The number of methoxy groups -OCH3 is 1. The average molecular weight is 291 g/mol. The molecule has 0 aromatic rings. The summed E-state index contributed by atoms with van der Waals surface area (Å²) in [7, 11) is -1.67. The first-order valence-electron chi connectivity index (χ1n) is 7.04. The number of rotatable bonds is 3. The molecule has 2 rings (SSSR count). The highest BCUT2D eigenvalue weighted by Crippen LogP contribution is 2.23. The van der Waals surface area contributed by atoms with E-state index in [0.717, 1.165) is 25.9 Å². The molecule has 0 aromatic heterocycles. The Labute approximate surface area is 116 Å². The van der Waals surface area contributed by atoms with E-state index in [-0.39, 0.29) is 6.10 Å².